The van der Waals surface area contributed by atoms with Crippen LogP contribution in [-0.4, -0.2) is 12.7 Å². The summed E-state index contributed by atoms with van der Waals surface area (Å²) in [5.74, 6) is 0. The molecule has 0 aliphatic heterocycles. The number of benzene rings is 1. The Morgan fingerprint density at radius 1 is 1.11 bits per heavy atom. The molecule has 19 heavy (non-hydrogen) atoms. The molecule has 0 heterocycles. The molecule has 0 saturated heterocycles. The minimum absolute atomic E-state index is 0.407. The number of anilines is 1. The molecule has 0 atom stereocenters. The van der Waals surface area contributed by atoms with Gasteiger partial charge in [-0.15, -0.1) is 0 Å². The third-order valence-electron chi connectivity index (χ3n) is 2.82. The Morgan fingerprint density at radius 3 is 2.42 bits per heavy atom. The van der Waals surface area contributed by atoms with Crippen LogP contribution in [-0.2, 0) is 4.74 Å². The molecule has 1 N–H and O–H groups in total. The zero-order valence-corrected chi connectivity index (χ0v) is 12.2. The van der Waals surface area contributed by atoms with Crippen molar-refractivity contribution in [3.8, 4) is 0 Å². The lowest BCUT2D eigenvalue weighted by Crippen LogP contribution is -2.14. The van der Waals surface area contributed by atoms with Crippen molar-refractivity contribution in [3.63, 3.8) is 0 Å². The quantitative estimate of drug-likeness (QED) is 0.662. The monoisotopic (exact) mass is 283 g/mol. The molecule has 106 valence electrons. The summed E-state index contributed by atoms with van der Waals surface area (Å²) < 4.78 is 5.10. The summed E-state index contributed by atoms with van der Waals surface area (Å²) >= 11 is 5.76. The molecule has 0 aromatic heterocycles. The highest BCUT2D eigenvalue weighted by atomic mass is 35.5. The molecule has 0 radical (unpaired) electrons. The Kier molecular flexibility index (Phi) is 8.07. The maximum absolute atomic E-state index is 11.5. The molecular weight excluding hydrogens is 262 g/mol. The fourth-order valence-electron chi connectivity index (χ4n) is 1.73. The van der Waals surface area contributed by atoms with Crippen LogP contribution < -0.4 is 5.32 Å². The average molecular weight is 284 g/mol. The van der Waals surface area contributed by atoms with Gasteiger partial charge in [-0.1, -0.05) is 50.6 Å². The highest BCUT2D eigenvalue weighted by molar-refractivity contribution is 6.30. The fraction of sp³-hybridized carbons (Fsp3) is 0.533. The molecule has 4 heteroatoms. The first kappa shape index (κ1) is 15.8. The van der Waals surface area contributed by atoms with Gasteiger partial charge in [0, 0.05) is 10.7 Å². The number of rotatable bonds is 8. The molecule has 0 bridgehead atoms. The van der Waals surface area contributed by atoms with E-state index < -0.39 is 6.09 Å². The second-order valence-corrected chi connectivity index (χ2v) is 4.97. The Morgan fingerprint density at radius 2 is 1.74 bits per heavy atom. The summed E-state index contributed by atoms with van der Waals surface area (Å²) in [7, 11) is 0. The van der Waals surface area contributed by atoms with E-state index in [1.165, 1.54) is 25.7 Å². The standard InChI is InChI=1S/C15H22ClNO2/c1-2-3-4-5-6-7-12-19-15(18)17-14-10-8-13(16)9-11-14/h8-11H,2-7,12H2,1H3,(H,17,18). The van der Waals surface area contributed by atoms with Crippen LogP contribution in [0.1, 0.15) is 45.4 Å². The second-order valence-electron chi connectivity index (χ2n) is 4.54. The smallest absolute Gasteiger partial charge is 0.411 e. The summed E-state index contributed by atoms with van der Waals surface area (Å²) in [6.07, 6.45) is 6.67. The van der Waals surface area contributed by atoms with E-state index in [0.717, 1.165) is 12.8 Å². The first-order chi connectivity index (χ1) is 9.22. The van der Waals surface area contributed by atoms with Crippen molar-refractivity contribution >= 4 is 23.4 Å². The summed E-state index contributed by atoms with van der Waals surface area (Å²) in [5, 5.41) is 3.30. The number of carbonyl (C=O) groups is 1. The number of ether oxygens (including phenoxy) is 1. The van der Waals surface area contributed by atoms with Crippen LogP contribution in [0.15, 0.2) is 24.3 Å². The van der Waals surface area contributed by atoms with E-state index in [-0.39, 0.29) is 0 Å². The number of hydrogen-bond acceptors (Lipinski definition) is 2. The van der Waals surface area contributed by atoms with Crippen LogP contribution in [0.5, 0.6) is 0 Å². The molecule has 0 aliphatic rings. The van der Waals surface area contributed by atoms with Crippen molar-refractivity contribution in [2.75, 3.05) is 11.9 Å². The first-order valence-electron chi connectivity index (χ1n) is 6.91. The van der Waals surface area contributed by atoms with Gasteiger partial charge in [0.25, 0.3) is 0 Å². The average Bonchev–Trinajstić information content (AvgIpc) is 2.40. The molecular formula is C15H22ClNO2. The zero-order valence-electron chi connectivity index (χ0n) is 11.5. The SMILES string of the molecule is CCCCCCCCOC(=O)Nc1ccc(Cl)cc1. The van der Waals surface area contributed by atoms with E-state index >= 15 is 0 Å². The van der Waals surface area contributed by atoms with Gasteiger partial charge in [-0.25, -0.2) is 4.79 Å². The van der Waals surface area contributed by atoms with E-state index in [0.29, 0.717) is 17.3 Å². The van der Waals surface area contributed by atoms with Crippen LogP contribution in [0.2, 0.25) is 5.02 Å². The van der Waals surface area contributed by atoms with E-state index in [1.54, 1.807) is 24.3 Å². The third-order valence-corrected chi connectivity index (χ3v) is 3.07. The fourth-order valence-corrected chi connectivity index (χ4v) is 1.86. The van der Waals surface area contributed by atoms with Crippen molar-refractivity contribution in [2.45, 2.75) is 45.4 Å². The second kappa shape index (κ2) is 9.68. The molecule has 0 saturated carbocycles. The van der Waals surface area contributed by atoms with Crippen molar-refractivity contribution in [3.05, 3.63) is 29.3 Å². The maximum Gasteiger partial charge on any atom is 0.411 e. The predicted molar refractivity (Wildman–Crippen MR) is 79.8 cm³/mol. The van der Waals surface area contributed by atoms with Gasteiger partial charge in [-0.3, -0.25) is 5.32 Å². The van der Waals surface area contributed by atoms with Crippen LogP contribution >= 0.6 is 11.6 Å². The topological polar surface area (TPSA) is 38.3 Å². The molecule has 1 aromatic rings. The summed E-state index contributed by atoms with van der Waals surface area (Å²) in [6, 6.07) is 6.94. The predicted octanol–water partition coefficient (Wildman–Crippen LogP) is 5.25. The van der Waals surface area contributed by atoms with Crippen molar-refractivity contribution in [1.82, 2.24) is 0 Å². The summed E-state index contributed by atoms with van der Waals surface area (Å²) in [6.45, 7) is 2.68. The Bertz CT molecular complexity index is 365. The van der Waals surface area contributed by atoms with Gasteiger partial charge >= 0.3 is 6.09 Å². The van der Waals surface area contributed by atoms with Crippen LogP contribution in [0.4, 0.5) is 10.5 Å². The molecule has 1 rings (SSSR count). The molecule has 0 fully saturated rings. The summed E-state index contributed by atoms with van der Waals surface area (Å²) in [5.41, 5.74) is 0.692. The van der Waals surface area contributed by atoms with Gasteiger partial charge < -0.3 is 4.74 Å². The molecule has 1 amide bonds. The number of hydrogen-bond donors (Lipinski definition) is 1. The van der Waals surface area contributed by atoms with Crippen LogP contribution in [0.25, 0.3) is 0 Å². The van der Waals surface area contributed by atoms with Crippen molar-refractivity contribution < 1.29 is 9.53 Å². The molecule has 3 nitrogen and oxygen atoms in total. The van der Waals surface area contributed by atoms with Crippen molar-refractivity contribution in [1.29, 1.82) is 0 Å². The van der Waals surface area contributed by atoms with Gasteiger partial charge in [0.15, 0.2) is 0 Å². The van der Waals surface area contributed by atoms with Crippen molar-refractivity contribution in [2.24, 2.45) is 0 Å². The van der Waals surface area contributed by atoms with E-state index in [2.05, 4.69) is 12.2 Å². The first-order valence-corrected chi connectivity index (χ1v) is 7.29. The Hall–Kier alpha value is -1.22. The van der Waals surface area contributed by atoms with Gasteiger partial charge in [0.2, 0.25) is 0 Å². The number of unbranched alkanes of at least 4 members (excludes halogenated alkanes) is 5. The highest BCUT2D eigenvalue weighted by Gasteiger charge is 2.02. The number of amides is 1. The molecule has 1 aromatic carbocycles. The highest BCUT2D eigenvalue weighted by Crippen LogP contribution is 2.13. The largest absolute Gasteiger partial charge is 0.449 e. The van der Waals surface area contributed by atoms with Gasteiger partial charge in [-0.05, 0) is 30.7 Å². The number of halogens is 1. The van der Waals surface area contributed by atoms with E-state index in [1.807, 2.05) is 0 Å². The normalized spacial score (nSPS) is 10.2. The van der Waals surface area contributed by atoms with Gasteiger partial charge in [-0.2, -0.15) is 0 Å². The summed E-state index contributed by atoms with van der Waals surface area (Å²) in [4.78, 5) is 11.5. The lowest BCUT2D eigenvalue weighted by molar-refractivity contribution is 0.159. The molecule has 0 spiro atoms. The van der Waals surface area contributed by atoms with Crippen LogP contribution in [0.3, 0.4) is 0 Å². The van der Waals surface area contributed by atoms with Gasteiger partial charge in [0.05, 0.1) is 6.61 Å². The number of carbonyl (C=O) groups excluding carboxylic acids is 1. The lowest BCUT2D eigenvalue weighted by Gasteiger charge is -2.07. The van der Waals surface area contributed by atoms with E-state index in [4.69, 9.17) is 16.3 Å². The third kappa shape index (κ3) is 7.73. The lowest BCUT2D eigenvalue weighted by atomic mass is 10.1. The van der Waals surface area contributed by atoms with E-state index in [9.17, 15) is 4.79 Å². The molecule has 0 unspecified atom stereocenters. The molecule has 0 aliphatic carbocycles. The minimum atomic E-state index is -0.407. The van der Waals surface area contributed by atoms with Crippen LogP contribution in [0, 0.1) is 0 Å². The zero-order chi connectivity index (χ0) is 13.9. The Balaban J connectivity index is 2.06. The number of nitrogens with one attached hydrogen (secondary N) is 1. The minimum Gasteiger partial charge on any atom is -0.449 e. The Labute approximate surface area is 120 Å². The maximum atomic E-state index is 11.5. The van der Waals surface area contributed by atoms with Gasteiger partial charge in [0.1, 0.15) is 0 Å².